The van der Waals surface area contributed by atoms with Gasteiger partial charge in [0.1, 0.15) is 6.61 Å². The topological polar surface area (TPSA) is 170 Å². The molecular formula is C21H43N3O8. The van der Waals surface area contributed by atoms with Crippen molar-refractivity contribution in [2.24, 2.45) is 11.5 Å². The minimum absolute atomic E-state index is 0.151. The lowest BCUT2D eigenvalue weighted by Gasteiger charge is -2.30. The molecule has 0 aliphatic heterocycles. The van der Waals surface area contributed by atoms with Crippen LogP contribution in [0.4, 0.5) is 0 Å². The van der Waals surface area contributed by atoms with Crippen molar-refractivity contribution in [2.45, 2.75) is 31.4 Å². The Labute approximate surface area is 191 Å². The SMILES string of the molecule is C#CCOCCOCCOCCOCCCCCN(CC(O)CN)C(CO)CO.NC=O. The third kappa shape index (κ3) is 23.3. The van der Waals surface area contributed by atoms with Gasteiger partial charge in [0.05, 0.1) is 65.0 Å². The first-order chi connectivity index (χ1) is 15.6. The quantitative estimate of drug-likeness (QED) is 0.0680. The molecule has 0 bridgehead atoms. The van der Waals surface area contributed by atoms with E-state index >= 15 is 0 Å². The number of terminal acetylenes is 1. The number of aliphatic hydroxyl groups is 3. The van der Waals surface area contributed by atoms with Crippen molar-refractivity contribution < 1.29 is 39.1 Å². The molecule has 0 aliphatic rings. The summed E-state index contributed by atoms with van der Waals surface area (Å²) in [5, 5.41) is 28.4. The van der Waals surface area contributed by atoms with Crippen molar-refractivity contribution in [3.63, 3.8) is 0 Å². The minimum atomic E-state index is -0.661. The Kier molecular flexibility index (Phi) is 28.4. The highest BCUT2D eigenvalue weighted by molar-refractivity contribution is 5.42. The van der Waals surface area contributed by atoms with Gasteiger partial charge >= 0.3 is 0 Å². The Bertz CT molecular complexity index is 422. The zero-order valence-corrected chi connectivity index (χ0v) is 19.1. The van der Waals surface area contributed by atoms with Gasteiger partial charge in [0.2, 0.25) is 6.41 Å². The van der Waals surface area contributed by atoms with E-state index in [-0.39, 0.29) is 32.2 Å². The van der Waals surface area contributed by atoms with Gasteiger partial charge < -0.3 is 45.7 Å². The van der Waals surface area contributed by atoms with Crippen molar-refractivity contribution in [1.82, 2.24) is 4.90 Å². The van der Waals surface area contributed by atoms with Gasteiger partial charge in [0.15, 0.2) is 0 Å². The molecule has 0 saturated heterocycles. The van der Waals surface area contributed by atoms with Crippen molar-refractivity contribution in [3.05, 3.63) is 0 Å². The van der Waals surface area contributed by atoms with Crippen molar-refractivity contribution in [2.75, 3.05) is 85.7 Å². The monoisotopic (exact) mass is 465 g/mol. The molecule has 32 heavy (non-hydrogen) atoms. The van der Waals surface area contributed by atoms with Crippen LogP contribution >= 0.6 is 0 Å². The van der Waals surface area contributed by atoms with Crippen LogP contribution in [0.1, 0.15) is 19.3 Å². The third-order valence-corrected chi connectivity index (χ3v) is 4.19. The van der Waals surface area contributed by atoms with E-state index in [1.165, 1.54) is 0 Å². The van der Waals surface area contributed by atoms with Gasteiger partial charge in [-0.05, 0) is 25.8 Å². The highest BCUT2D eigenvalue weighted by Crippen LogP contribution is 2.05. The Morgan fingerprint density at radius 2 is 1.41 bits per heavy atom. The highest BCUT2D eigenvalue weighted by Gasteiger charge is 2.19. The van der Waals surface area contributed by atoms with Gasteiger partial charge in [0, 0.05) is 19.7 Å². The fourth-order valence-electron chi connectivity index (χ4n) is 2.54. The summed E-state index contributed by atoms with van der Waals surface area (Å²) >= 11 is 0. The zero-order valence-electron chi connectivity index (χ0n) is 19.1. The Balaban J connectivity index is 0. The van der Waals surface area contributed by atoms with Crippen molar-refractivity contribution in [3.8, 4) is 12.3 Å². The van der Waals surface area contributed by atoms with E-state index in [4.69, 9.17) is 35.9 Å². The normalized spacial score (nSPS) is 11.8. The molecule has 1 atom stereocenters. The smallest absolute Gasteiger partial charge is 0.204 e. The second-order valence-corrected chi connectivity index (χ2v) is 6.69. The molecule has 0 fully saturated rings. The van der Waals surface area contributed by atoms with Gasteiger partial charge in [-0.2, -0.15) is 0 Å². The Morgan fingerprint density at radius 1 is 0.906 bits per heavy atom. The number of ether oxygens (including phenoxy) is 4. The molecule has 0 saturated carbocycles. The molecule has 0 aromatic heterocycles. The number of aliphatic hydroxyl groups excluding tert-OH is 3. The molecule has 1 unspecified atom stereocenters. The maximum atomic E-state index is 9.72. The van der Waals surface area contributed by atoms with E-state index < -0.39 is 6.10 Å². The number of carbonyl (C=O) groups is 1. The van der Waals surface area contributed by atoms with Crippen LogP contribution in [-0.4, -0.2) is 124 Å². The molecule has 0 heterocycles. The summed E-state index contributed by atoms with van der Waals surface area (Å²) in [6.07, 6.45) is 7.40. The minimum Gasteiger partial charge on any atom is -0.395 e. The van der Waals surface area contributed by atoms with E-state index in [1.807, 2.05) is 4.90 Å². The number of nitrogens with two attached hydrogens (primary N) is 2. The molecule has 0 spiro atoms. The number of unbranched alkanes of at least 4 members (excludes halogenated alkanes) is 2. The number of carbonyl (C=O) groups excluding carboxylic acids is 1. The standard InChI is InChI=1S/C20H40N2O7.CH3NO/c1-2-7-26-9-11-28-13-14-29-12-10-27-8-5-3-4-6-22(16-20(25)15-21)19(17-23)18-24;2-1-3/h1,19-20,23-25H,3-18,21H2;1H,(H2,2,3). The number of amides is 1. The fraction of sp³-hybridized carbons (Fsp3) is 0.857. The number of primary amides is 1. The third-order valence-electron chi connectivity index (χ3n) is 4.19. The molecule has 0 radical (unpaired) electrons. The summed E-state index contributed by atoms with van der Waals surface area (Å²) in [7, 11) is 0. The van der Waals surface area contributed by atoms with E-state index in [2.05, 4.69) is 11.7 Å². The van der Waals surface area contributed by atoms with Crippen LogP contribution < -0.4 is 11.5 Å². The van der Waals surface area contributed by atoms with E-state index in [1.54, 1.807) is 0 Å². The molecule has 0 aromatic carbocycles. The zero-order chi connectivity index (χ0) is 24.3. The molecule has 0 aliphatic carbocycles. The summed E-state index contributed by atoms with van der Waals surface area (Å²) < 4.78 is 21.3. The van der Waals surface area contributed by atoms with E-state index in [9.17, 15) is 15.3 Å². The molecule has 0 aromatic rings. The largest absolute Gasteiger partial charge is 0.395 e. The van der Waals surface area contributed by atoms with Gasteiger partial charge in [-0.25, -0.2) is 0 Å². The first-order valence-corrected chi connectivity index (χ1v) is 10.8. The first-order valence-electron chi connectivity index (χ1n) is 10.8. The summed E-state index contributed by atoms with van der Waals surface area (Å²) in [5.41, 5.74) is 9.61. The summed E-state index contributed by atoms with van der Waals surface area (Å²) in [4.78, 5) is 10.5. The Hall–Kier alpha value is -1.33. The van der Waals surface area contributed by atoms with Crippen molar-refractivity contribution >= 4 is 6.41 Å². The summed E-state index contributed by atoms with van der Waals surface area (Å²) in [6, 6.07) is -0.371. The fourth-order valence-corrected chi connectivity index (χ4v) is 2.54. The molecular weight excluding hydrogens is 422 g/mol. The van der Waals surface area contributed by atoms with Crippen LogP contribution in [0.3, 0.4) is 0 Å². The molecule has 0 rings (SSSR count). The predicted octanol–water partition coefficient (Wildman–Crippen LogP) is -2.07. The second-order valence-electron chi connectivity index (χ2n) is 6.69. The Morgan fingerprint density at radius 3 is 1.88 bits per heavy atom. The van der Waals surface area contributed by atoms with Crippen LogP contribution in [0, 0.1) is 12.3 Å². The predicted molar refractivity (Wildman–Crippen MR) is 121 cm³/mol. The van der Waals surface area contributed by atoms with Gasteiger partial charge in [-0.3, -0.25) is 9.69 Å². The molecule has 11 heteroatoms. The van der Waals surface area contributed by atoms with E-state index in [0.29, 0.717) is 65.9 Å². The van der Waals surface area contributed by atoms with E-state index in [0.717, 1.165) is 19.3 Å². The summed E-state index contributed by atoms with van der Waals surface area (Å²) in [6.45, 7) is 4.91. The maximum Gasteiger partial charge on any atom is 0.204 e. The number of hydrogen-bond donors (Lipinski definition) is 5. The molecule has 11 nitrogen and oxygen atoms in total. The highest BCUT2D eigenvalue weighted by atomic mass is 16.6. The maximum absolute atomic E-state index is 9.72. The lowest BCUT2D eigenvalue weighted by molar-refractivity contribution is -0.106. The number of hydrogen-bond acceptors (Lipinski definition) is 10. The summed E-state index contributed by atoms with van der Waals surface area (Å²) in [5.74, 6) is 2.39. The van der Waals surface area contributed by atoms with Crippen molar-refractivity contribution in [1.29, 1.82) is 0 Å². The first kappa shape index (κ1) is 32.8. The number of nitrogens with zero attached hydrogens (tertiary/aromatic N) is 1. The average Bonchev–Trinajstić information content (AvgIpc) is 2.79. The lowest BCUT2D eigenvalue weighted by atomic mass is 10.2. The molecule has 190 valence electrons. The molecule has 7 N–H and O–H groups in total. The van der Waals surface area contributed by atoms with Crippen LogP contribution in [0.5, 0.6) is 0 Å². The van der Waals surface area contributed by atoms with Gasteiger partial charge in [-0.15, -0.1) is 6.42 Å². The molecule has 1 amide bonds. The number of rotatable bonds is 22. The van der Waals surface area contributed by atoms with Crippen LogP contribution in [-0.2, 0) is 23.7 Å². The second kappa shape index (κ2) is 27.7. The average molecular weight is 466 g/mol. The van der Waals surface area contributed by atoms with Crippen LogP contribution in [0.15, 0.2) is 0 Å². The van der Waals surface area contributed by atoms with Crippen LogP contribution in [0.2, 0.25) is 0 Å². The van der Waals surface area contributed by atoms with Crippen LogP contribution in [0.25, 0.3) is 0 Å². The van der Waals surface area contributed by atoms with Gasteiger partial charge in [0.25, 0.3) is 0 Å². The lowest BCUT2D eigenvalue weighted by Crippen LogP contribution is -2.46. The van der Waals surface area contributed by atoms with Gasteiger partial charge in [-0.1, -0.05) is 5.92 Å².